The molecule has 1 aliphatic rings. The van der Waals surface area contributed by atoms with Gasteiger partial charge in [0.15, 0.2) is 0 Å². The molecule has 5 heteroatoms. The number of amides is 1. The molecule has 106 valence electrons. The number of rotatable bonds is 3. The molecule has 1 atom stereocenters. The largest absolute Gasteiger partial charge is 0.497 e. The number of hydrogen-bond donors (Lipinski definition) is 2. The summed E-state index contributed by atoms with van der Waals surface area (Å²) in [4.78, 5) is 12.3. The van der Waals surface area contributed by atoms with Crippen LogP contribution in [0.3, 0.4) is 0 Å². The van der Waals surface area contributed by atoms with Crippen LogP contribution in [-0.4, -0.2) is 26.1 Å². The first-order valence-corrected chi connectivity index (χ1v) is 6.22. The van der Waals surface area contributed by atoms with Crippen molar-refractivity contribution in [2.24, 2.45) is 5.41 Å². The number of halogens is 1. The molecule has 1 fully saturated rings. The Balaban J connectivity index is 0.00000180. The van der Waals surface area contributed by atoms with Crippen molar-refractivity contribution in [3.63, 3.8) is 0 Å². The van der Waals surface area contributed by atoms with Gasteiger partial charge in [0.1, 0.15) is 5.75 Å². The van der Waals surface area contributed by atoms with E-state index in [1.165, 1.54) is 0 Å². The molecule has 1 aromatic carbocycles. The summed E-state index contributed by atoms with van der Waals surface area (Å²) >= 11 is 0. The van der Waals surface area contributed by atoms with Crippen molar-refractivity contribution in [2.45, 2.75) is 20.3 Å². The lowest BCUT2D eigenvalue weighted by atomic mass is 9.88. The highest BCUT2D eigenvalue weighted by atomic mass is 35.5. The van der Waals surface area contributed by atoms with Crippen molar-refractivity contribution in [3.05, 3.63) is 23.8 Å². The molecule has 2 rings (SSSR count). The molecule has 0 spiro atoms. The van der Waals surface area contributed by atoms with E-state index in [0.717, 1.165) is 36.5 Å². The van der Waals surface area contributed by atoms with E-state index < -0.39 is 0 Å². The van der Waals surface area contributed by atoms with E-state index in [4.69, 9.17) is 4.74 Å². The molecule has 1 amide bonds. The fraction of sp³-hybridized carbons (Fsp3) is 0.500. The summed E-state index contributed by atoms with van der Waals surface area (Å²) < 4.78 is 5.15. The second-order valence-corrected chi connectivity index (χ2v) is 5.12. The van der Waals surface area contributed by atoms with Crippen molar-refractivity contribution >= 4 is 24.0 Å². The van der Waals surface area contributed by atoms with Gasteiger partial charge in [-0.25, -0.2) is 0 Å². The van der Waals surface area contributed by atoms with E-state index in [2.05, 4.69) is 10.6 Å². The van der Waals surface area contributed by atoms with E-state index in [1.807, 2.05) is 32.0 Å². The lowest BCUT2D eigenvalue weighted by molar-refractivity contribution is -0.123. The highest BCUT2D eigenvalue weighted by Gasteiger charge is 2.36. The number of anilines is 1. The van der Waals surface area contributed by atoms with Crippen LogP contribution >= 0.6 is 12.4 Å². The third-order valence-corrected chi connectivity index (χ3v) is 3.60. The van der Waals surface area contributed by atoms with Crippen molar-refractivity contribution in [1.29, 1.82) is 0 Å². The summed E-state index contributed by atoms with van der Waals surface area (Å²) in [5, 5.41) is 6.24. The number of hydrogen-bond acceptors (Lipinski definition) is 3. The van der Waals surface area contributed by atoms with Crippen LogP contribution in [0.2, 0.25) is 0 Å². The van der Waals surface area contributed by atoms with Crippen LogP contribution in [0.4, 0.5) is 5.69 Å². The zero-order valence-electron chi connectivity index (χ0n) is 11.6. The van der Waals surface area contributed by atoms with Crippen LogP contribution in [0.25, 0.3) is 0 Å². The van der Waals surface area contributed by atoms with Gasteiger partial charge >= 0.3 is 0 Å². The maximum atomic E-state index is 12.3. The topological polar surface area (TPSA) is 50.4 Å². The molecular formula is C14H21ClN2O2. The van der Waals surface area contributed by atoms with Crippen molar-refractivity contribution in [1.82, 2.24) is 5.32 Å². The minimum absolute atomic E-state index is 0. The Morgan fingerprint density at radius 1 is 1.47 bits per heavy atom. The van der Waals surface area contributed by atoms with E-state index in [0.29, 0.717) is 0 Å². The molecule has 0 radical (unpaired) electrons. The standard InChI is InChI=1S/C14H20N2O2.ClH/c1-10-8-11(18-3)4-5-12(10)16-13(17)14(2)6-7-15-9-14;/h4-5,8,15H,6-7,9H2,1-3H3,(H,16,17);1H. The zero-order valence-corrected chi connectivity index (χ0v) is 12.4. The lowest BCUT2D eigenvalue weighted by Gasteiger charge is -2.22. The van der Waals surface area contributed by atoms with Gasteiger partial charge in [-0.15, -0.1) is 12.4 Å². The smallest absolute Gasteiger partial charge is 0.231 e. The third kappa shape index (κ3) is 3.39. The number of carbonyl (C=O) groups is 1. The fourth-order valence-corrected chi connectivity index (χ4v) is 2.19. The summed E-state index contributed by atoms with van der Waals surface area (Å²) in [6.45, 7) is 5.62. The first-order valence-electron chi connectivity index (χ1n) is 6.22. The highest BCUT2D eigenvalue weighted by Crippen LogP contribution is 2.28. The van der Waals surface area contributed by atoms with Crippen molar-refractivity contribution in [2.75, 3.05) is 25.5 Å². The maximum absolute atomic E-state index is 12.3. The Bertz CT molecular complexity index is 457. The summed E-state index contributed by atoms with van der Waals surface area (Å²) in [7, 11) is 1.64. The summed E-state index contributed by atoms with van der Waals surface area (Å²) in [6, 6.07) is 5.67. The van der Waals surface area contributed by atoms with E-state index >= 15 is 0 Å². The lowest BCUT2D eigenvalue weighted by Crippen LogP contribution is -2.35. The molecule has 2 N–H and O–H groups in total. The highest BCUT2D eigenvalue weighted by molar-refractivity contribution is 5.96. The first kappa shape index (κ1) is 15.8. The van der Waals surface area contributed by atoms with Gasteiger partial charge in [-0.2, -0.15) is 0 Å². The molecule has 1 aromatic rings. The second-order valence-electron chi connectivity index (χ2n) is 5.12. The van der Waals surface area contributed by atoms with Crippen LogP contribution in [0.1, 0.15) is 18.9 Å². The zero-order chi connectivity index (χ0) is 13.2. The molecule has 19 heavy (non-hydrogen) atoms. The fourth-order valence-electron chi connectivity index (χ4n) is 2.19. The van der Waals surface area contributed by atoms with Crippen LogP contribution in [0, 0.1) is 12.3 Å². The van der Waals surface area contributed by atoms with Gasteiger partial charge < -0.3 is 15.4 Å². The predicted molar refractivity (Wildman–Crippen MR) is 79.2 cm³/mol. The Hall–Kier alpha value is -1.26. The van der Waals surface area contributed by atoms with E-state index in [1.54, 1.807) is 7.11 Å². The summed E-state index contributed by atoms with van der Waals surface area (Å²) in [6.07, 6.45) is 0.883. The molecule has 0 saturated carbocycles. The molecule has 1 heterocycles. The molecule has 4 nitrogen and oxygen atoms in total. The monoisotopic (exact) mass is 284 g/mol. The number of carbonyl (C=O) groups excluding carboxylic acids is 1. The van der Waals surface area contributed by atoms with Gasteiger partial charge in [0.25, 0.3) is 0 Å². The third-order valence-electron chi connectivity index (χ3n) is 3.60. The van der Waals surface area contributed by atoms with Crippen molar-refractivity contribution in [3.8, 4) is 5.75 Å². The molecule has 1 saturated heterocycles. The molecule has 0 bridgehead atoms. The molecule has 1 unspecified atom stereocenters. The van der Waals surface area contributed by atoms with Gasteiger partial charge in [-0.1, -0.05) is 0 Å². The van der Waals surface area contributed by atoms with Crippen LogP contribution in [0.15, 0.2) is 18.2 Å². The number of benzene rings is 1. The number of ether oxygens (including phenoxy) is 1. The van der Waals surface area contributed by atoms with E-state index in [9.17, 15) is 4.79 Å². The summed E-state index contributed by atoms with van der Waals surface area (Å²) in [5.41, 5.74) is 1.57. The SMILES string of the molecule is COc1ccc(NC(=O)C2(C)CCNC2)c(C)c1.Cl. The number of aryl methyl sites for hydroxylation is 1. The van der Waals surface area contributed by atoms with Crippen molar-refractivity contribution < 1.29 is 9.53 Å². The average Bonchev–Trinajstić information content (AvgIpc) is 2.80. The Morgan fingerprint density at radius 3 is 2.74 bits per heavy atom. The van der Waals surface area contributed by atoms with Gasteiger partial charge in [0, 0.05) is 12.2 Å². The van der Waals surface area contributed by atoms with Gasteiger partial charge in [-0.05, 0) is 50.6 Å². The normalized spacial score (nSPS) is 21.6. The molecular weight excluding hydrogens is 264 g/mol. The summed E-state index contributed by atoms with van der Waals surface area (Å²) in [5.74, 6) is 0.889. The maximum Gasteiger partial charge on any atom is 0.231 e. The Morgan fingerprint density at radius 2 is 2.21 bits per heavy atom. The minimum Gasteiger partial charge on any atom is -0.497 e. The van der Waals surface area contributed by atoms with Crippen LogP contribution in [-0.2, 0) is 4.79 Å². The van der Waals surface area contributed by atoms with E-state index in [-0.39, 0.29) is 23.7 Å². The predicted octanol–water partition coefficient (Wildman–Crippen LogP) is 2.36. The minimum atomic E-state index is -0.299. The Labute approximate surface area is 120 Å². The second kappa shape index (κ2) is 6.26. The van der Waals surface area contributed by atoms with Gasteiger partial charge in [-0.3, -0.25) is 4.79 Å². The average molecular weight is 285 g/mol. The number of nitrogens with one attached hydrogen (secondary N) is 2. The first-order chi connectivity index (χ1) is 8.55. The quantitative estimate of drug-likeness (QED) is 0.896. The molecule has 0 aromatic heterocycles. The van der Waals surface area contributed by atoms with Gasteiger partial charge in [0.05, 0.1) is 12.5 Å². The van der Waals surface area contributed by atoms with Crippen LogP contribution < -0.4 is 15.4 Å². The van der Waals surface area contributed by atoms with Crippen LogP contribution in [0.5, 0.6) is 5.75 Å². The molecule has 1 aliphatic heterocycles. The Kier molecular flexibility index (Phi) is 5.20. The number of methoxy groups -OCH3 is 1. The van der Waals surface area contributed by atoms with Gasteiger partial charge in [0.2, 0.25) is 5.91 Å². The molecule has 0 aliphatic carbocycles.